The standard InChI is InChI=1S/C14H24O4.C9H17BrO2.C9H16O4.C7H12BrN.C5H10Br2/c1-4-18-14(17)10-8-6-5-7-9-13(11(2)15)12(3)16;1-2-12-9(11)7-5-3-4-6-8-10;10-8(11)6-4-2-1-3-5-7-9(12)13;8-6-4-2-1-3-5-7-9;6-4-2-1-3-5-7/h13H,4-10H2,1-3H3;2-8H2,1H3;1-7H2,(H,10,11)(H,12,13);1-6H2;1-5H2. The first kappa shape index (κ1) is 66.7. The van der Waals surface area contributed by atoms with E-state index < -0.39 is 17.9 Å². The van der Waals surface area contributed by atoms with Gasteiger partial charge in [-0.2, -0.15) is 5.26 Å². The second-order valence-corrected chi connectivity index (χ2v) is 16.9. The molecule has 0 heterocycles. The van der Waals surface area contributed by atoms with Gasteiger partial charge >= 0.3 is 23.9 Å². The van der Waals surface area contributed by atoms with E-state index in [0.717, 1.165) is 91.9 Å². The number of hydrogen-bond acceptors (Lipinski definition) is 9. The number of aliphatic carboxylic acids is 2. The Morgan fingerprint density at radius 1 is 0.475 bits per heavy atom. The fourth-order valence-corrected chi connectivity index (χ4v) is 6.53. The van der Waals surface area contributed by atoms with Gasteiger partial charge in [0.25, 0.3) is 0 Å². The minimum absolute atomic E-state index is 0.0472. The second kappa shape index (κ2) is 58.7. The summed E-state index contributed by atoms with van der Waals surface area (Å²) in [6, 6.07) is 2.13. The molecule has 0 aromatic rings. The van der Waals surface area contributed by atoms with Crippen LogP contribution in [0.4, 0.5) is 0 Å². The number of Topliss-reactive ketones (excluding diaryl/α,β-unsaturated/α-hetero) is 2. The minimum Gasteiger partial charge on any atom is -0.481 e. The Balaban J connectivity index is -0.000000213. The first-order chi connectivity index (χ1) is 28.2. The summed E-state index contributed by atoms with van der Waals surface area (Å²) in [4.78, 5) is 64.5. The molecule has 0 aromatic carbocycles. The Labute approximate surface area is 391 Å². The van der Waals surface area contributed by atoms with Crippen LogP contribution in [0, 0.1) is 17.2 Å². The van der Waals surface area contributed by atoms with E-state index in [0.29, 0.717) is 45.3 Å². The Morgan fingerprint density at radius 2 is 0.763 bits per heavy atom. The Hall–Kier alpha value is -1.37. The summed E-state index contributed by atoms with van der Waals surface area (Å²) >= 11 is 13.4. The van der Waals surface area contributed by atoms with Gasteiger partial charge in [0.15, 0.2) is 0 Å². The predicted octanol–water partition coefficient (Wildman–Crippen LogP) is 13.3. The van der Waals surface area contributed by atoms with E-state index in [4.69, 9.17) is 24.9 Å². The normalized spacial score (nSPS) is 9.83. The maximum atomic E-state index is 11.2. The number of carboxylic acid groups (broad SMARTS) is 2. The highest BCUT2D eigenvalue weighted by molar-refractivity contribution is 9.09. The van der Waals surface area contributed by atoms with Gasteiger partial charge in [-0.1, -0.05) is 134 Å². The van der Waals surface area contributed by atoms with Crippen molar-refractivity contribution in [3.05, 3.63) is 0 Å². The van der Waals surface area contributed by atoms with Gasteiger partial charge in [-0.3, -0.25) is 28.8 Å². The van der Waals surface area contributed by atoms with E-state index in [9.17, 15) is 28.8 Å². The molecule has 0 saturated carbocycles. The number of carbonyl (C=O) groups excluding carboxylic acids is 4. The van der Waals surface area contributed by atoms with Crippen LogP contribution >= 0.6 is 63.7 Å². The highest BCUT2D eigenvalue weighted by Gasteiger charge is 2.18. The summed E-state index contributed by atoms with van der Waals surface area (Å²) in [5.41, 5.74) is 0. The van der Waals surface area contributed by atoms with Crippen LogP contribution in [-0.2, 0) is 38.2 Å². The van der Waals surface area contributed by atoms with Crippen LogP contribution in [0.5, 0.6) is 0 Å². The lowest BCUT2D eigenvalue weighted by Gasteiger charge is -2.09. The molecule has 0 aliphatic rings. The molecule has 0 atom stereocenters. The molecule has 0 amide bonds. The molecule has 0 radical (unpaired) electrons. The van der Waals surface area contributed by atoms with Crippen molar-refractivity contribution in [3.63, 3.8) is 0 Å². The molecule has 348 valence electrons. The number of hydrogen-bond donors (Lipinski definition) is 2. The first-order valence-electron chi connectivity index (χ1n) is 21.6. The van der Waals surface area contributed by atoms with Crippen molar-refractivity contribution in [2.45, 2.75) is 195 Å². The average molecular weight is 1100 g/mol. The molecular formula is C44H79Br4NO10. The largest absolute Gasteiger partial charge is 0.481 e. The van der Waals surface area contributed by atoms with Crippen molar-refractivity contribution >= 4 is 99.2 Å². The second-order valence-electron chi connectivity index (χ2n) is 13.7. The van der Waals surface area contributed by atoms with E-state index in [1.807, 2.05) is 6.92 Å². The summed E-state index contributed by atoms with van der Waals surface area (Å²) in [6.07, 6.45) is 23.7. The number of esters is 2. The molecule has 2 N–H and O–H groups in total. The van der Waals surface area contributed by atoms with Gasteiger partial charge in [0.2, 0.25) is 0 Å². The fourth-order valence-electron chi connectivity index (χ4n) is 4.95. The molecule has 0 bridgehead atoms. The third-order valence-corrected chi connectivity index (χ3v) is 10.4. The molecule has 0 aromatic heterocycles. The lowest BCUT2D eigenvalue weighted by molar-refractivity contribution is -0.144. The molecule has 0 fully saturated rings. The van der Waals surface area contributed by atoms with Crippen molar-refractivity contribution in [2.75, 3.05) is 34.5 Å². The van der Waals surface area contributed by atoms with E-state index in [-0.39, 0.29) is 36.3 Å². The monoisotopic (exact) mass is 1100 g/mol. The smallest absolute Gasteiger partial charge is 0.305 e. The molecule has 59 heavy (non-hydrogen) atoms. The number of nitrogens with zero attached hydrogens (tertiary/aromatic N) is 1. The molecule has 0 saturated heterocycles. The number of unbranched alkanes of at least 4 members (excludes halogenated alkanes) is 16. The third kappa shape index (κ3) is 71.5. The van der Waals surface area contributed by atoms with E-state index in [1.165, 1.54) is 65.2 Å². The fraction of sp³-hybridized carbons (Fsp3) is 0.841. The predicted molar refractivity (Wildman–Crippen MR) is 254 cm³/mol. The van der Waals surface area contributed by atoms with Crippen LogP contribution in [0.3, 0.4) is 0 Å². The lowest BCUT2D eigenvalue weighted by Crippen LogP contribution is -2.19. The van der Waals surface area contributed by atoms with E-state index >= 15 is 0 Å². The van der Waals surface area contributed by atoms with Crippen molar-refractivity contribution < 1.29 is 48.5 Å². The molecule has 0 aliphatic carbocycles. The lowest BCUT2D eigenvalue weighted by atomic mass is 9.94. The summed E-state index contributed by atoms with van der Waals surface area (Å²) in [7, 11) is 0. The van der Waals surface area contributed by atoms with Gasteiger partial charge in [0.05, 0.1) is 25.2 Å². The Kier molecular flexibility index (Phi) is 66.4. The molecule has 0 unspecified atom stereocenters. The number of carboxylic acids is 2. The SMILES string of the molecule is BrCCCCCBr.CCOC(=O)CCCCCCBr.CCOC(=O)CCCCCCC(C(C)=O)C(C)=O.N#CCCCCCCBr.O=C(O)CCCCCCCC(=O)O. The number of carbonyl (C=O) groups is 6. The van der Waals surface area contributed by atoms with E-state index in [1.54, 1.807) is 6.92 Å². The number of nitriles is 1. The zero-order valence-electron chi connectivity index (χ0n) is 36.8. The quantitative estimate of drug-likeness (QED) is 0.0270. The number of alkyl halides is 4. The zero-order valence-corrected chi connectivity index (χ0v) is 43.2. The van der Waals surface area contributed by atoms with Gasteiger partial charge in [-0.15, -0.1) is 0 Å². The van der Waals surface area contributed by atoms with Crippen LogP contribution in [0.2, 0.25) is 0 Å². The van der Waals surface area contributed by atoms with Crippen molar-refractivity contribution in [1.29, 1.82) is 5.26 Å². The maximum absolute atomic E-state index is 11.2. The number of halogens is 4. The van der Waals surface area contributed by atoms with Gasteiger partial charge in [0.1, 0.15) is 11.6 Å². The van der Waals surface area contributed by atoms with Crippen LogP contribution < -0.4 is 0 Å². The Morgan fingerprint density at radius 3 is 1.07 bits per heavy atom. The topological polar surface area (TPSA) is 185 Å². The van der Waals surface area contributed by atoms with Gasteiger partial charge in [-0.25, -0.2) is 0 Å². The summed E-state index contributed by atoms with van der Waals surface area (Å²) < 4.78 is 9.62. The first-order valence-corrected chi connectivity index (χ1v) is 26.1. The van der Waals surface area contributed by atoms with Crippen LogP contribution in [0.15, 0.2) is 0 Å². The molecule has 0 spiro atoms. The summed E-state index contributed by atoms with van der Waals surface area (Å²) in [6.45, 7) is 7.49. The maximum Gasteiger partial charge on any atom is 0.305 e. The Bertz CT molecular complexity index is 992. The zero-order chi connectivity index (χ0) is 45.8. The third-order valence-electron chi connectivity index (χ3n) is 8.20. The van der Waals surface area contributed by atoms with Gasteiger partial charge < -0.3 is 19.7 Å². The number of ketones is 2. The van der Waals surface area contributed by atoms with Crippen LogP contribution in [0.1, 0.15) is 195 Å². The molecular weight excluding hydrogens is 1020 g/mol. The van der Waals surface area contributed by atoms with Crippen molar-refractivity contribution in [3.8, 4) is 6.07 Å². The van der Waals surface area contributed by atoms with E-state index in [2.05, 4.69) is 69.8 Å². The van der Waals surface area contributed by atoms with Crippen LogP contribution in [-0.4, -0.2) is 80.2 Å². The van der Waals surface area contributed by atoms with Gasteiger partial charge in [0, 0.05) is 53.4 Å². The molecule has 15 heteroatoms. The van der Waals surface area contributed by atoms with Crippen molar-refractivity contribution in [1.82, 2.24) is 0 Å². The highest BCUT2D eigenvalue weighted by atomic mass is 79.9. The highest BCUT2D eigenvalue weighted by Crippen LogP contribution is 2.14. The average Bonchev–Trinajstić information content (AvgIpc) is 3.18. The number of ether oxygens (including phenoxy) is 2. The molecule has 0 rings (SSSR count). The molecule has 0 aliphatic heterocycles. The molecule has 11 nitrogen and oxygen atoms in total. The van der Waals surface area contributed by atoms with Crippen molar-refractivity contribution in [2.24, 2.45) is 5.92 Å². The van der Waals surface area contributed by atoms with Crippen LogP contribution in [0.25, 0.3) is 0 Å². The minimum atomic E-state index is -0.759. The summed E-state index contributed by atoms with van der Waals surface area (Å²) in [5, 5.41) is 29.3. The van der Waals surface area contributed by atoms with Gasteiger partial charge in [-0.05, 0) is 91.9 Å². The summed E-state index contributed by atoms with van der Waals surface area (Å²) in [5.74, 6) is -2.26. The number of rotatable bonds is 34.